The van der Waals surface area contributed by atoms with Gasteiger partial charge in [-0.05, 0) is 13.1 Å². The predicted octanol–water partition coefficient (Wildman–Crippen LogP) is -3.52. The Balaban J connectivity index is -0.00000242. The van der Waals surface area contributed by atoms with Gasteiger partial charge in [-0.25, -0.2) is 0 Å². The summed E-state index contributed by atoms with van der Waals surface area (Å²) in [5.41, 5.74) is 0. The molecule has 10 nitrogen and oxygen atoms in total. The van der Waals surface area contributed by atoms with Gasteiger partial charge >= 0.3 is 63.3 Å². The molecule has 0 fully saturated rings. The van der Waals surface area contributed by atoms with Gasteiger partial charge in [-0.3, -0.25) is 26.3 Å². The van der Waals surface area contributed by atoms with E-state index in [2.05, 4.69) is 12.4 Å². The molecule has 0 saturated heterocycles. The molecule has 11 heteroatoms. The van der Waals surface area contributed by atoms with Crippen molar-refractivity contribution in [2.75, 3.05) is 59.0 Å². The maximum absolute atomic E-state index is 10.8. The third kappa shape index (κ3) is 21.8. The molecule has 0 amide bonds. The van der Waals surface area contributed by atoms with E-state index in [1.54, 1.807) is 4.90 Å². The van der Waals surface area contributed by atoms with Crippen molar-refractivity contribution in [1.82, 2.24) is 9.80 Å². The molecule has 0 aliphatic rings. The molecular weight excluding hydrogens is 361 g/mol. The van der Waals surface area contributed by atoms with Crippen LogP contribution in [0.15, 0.2) is 0 Å². The van der Waals surface area contributed by atoms with Gasteiger partial charge in [0.15, 0.2) is 0 Å². The van der Waals surface area contributed by atoms with Crippen molar-refractivity contribution < 1.29 is 85.8 Å². The second kappa shape index (κ2) is 18.7. The van der Waals surface area contributed by atoms with Crippen LogP contribution < -0.4 is 51.4 Å². The van der Waals surface area contributed by atoms with E-state index in [-0.39, 0.29) is 98.2 Å². The molecule has 25 heavy (non-hydrogen) atoms. The van der Waals surface area contributed by atoms with Crippen molar-refractivity contribution in [2.24, 2.45) is 0 Å². The van der Waals surface area contributed by atoms with Crippen LogP contribution in [0.2, 0.25) is 0 Å². The Morgan fingerprint density at radius 3 is 2.04 bits per heavy atom. The number of rotatable bonds is 15. The molecule has 0 bridgehead atoms. The molecule has 3 N–H and O–H groups in total. The van der Waals surface area contributed by atoms with E-state index in [0.717, 1.165) is 0 Å². The number of hydrogen-bond donors (Lipinski definition) is 3. The molecule has 0 aromatic rings. The Kier molecular flexibility index (Phi) is 22.1. The van der Waals surface area contributed by atoms with Crippen LogP contribution in [-0.2, 0) is 19.1 Å². The van der Waals surface area contributed by atoms with Crippen LogP contribution >= 0.6 is 0 Å². The summed E-state index contributed by atoms with van der Waals surface area (Å²) < 4.78 is 5.25. The van der Waals surface area contributed by atoms with Crippen molar-refractivity contribution >= 4 is 17.9 Å². The van der Waals surface area contributed by atoms with E-state index in [0.29, 0.717) is 19.6 Å². The zero-order chi connectivity index (χ0) is 17.7. The number of hydrogen-bond acceptors (Lipinski definition) is 6. The van der Waals surface area contributed by atoms with E-state index < -0.39 is 17.9 Å². The third-order valence-electron chi connectivity index (χ3n) is 2.64. The molecule has 0 radical (unpaired) electrons. The second-order valence-corrected chi connectivity index (χ2v) is 4.73. The van der Waals surface area contributed by atoms with E-state index in [1.807, 2.05) is 0 Å². The van der Waals surface area contributed by atoms with E-state index in [9.17, 15) is 14.4 Å². The summed E-state index contributed by atoms with van der Waals surface area (Å²) in [6.45, 7) is 1.13. The number of carboxylic acids is 3. The van der Waals surface area contributed by atoms with Crippen molar-refractivity contribution in [3.8, 4) is 0 Å². The minimum Gasteiger partial charge on any atom is -0.651 e. The van der Waals surface area contributed by atoms with Crippen molar-refractivity contribution in [3.05, 3.63) is 19.8 Å². The molecule has 0 atom stereocenters. The molecule has 0 heterocycles. The normalized spacial score (nSPS) is 10.2. The fourth-order valence-electron chi connectivity index (χ4n) is 1.61. The Morgan fingerprint density at radius 1 is 0.920 bits per heavy atom. The first-order valence-electron chi connectivity index (χ1n) is 6.95. The van der Waals surface area contributed by atoms with Crippen molar-refractivity contribution in [2.45, 2.75) is 0 Å². The van der Waals surface area contributed by atoms with Crippen molar-refractivity contribution in [3.63, 3.8) is 0 Å². The molecular formula is C14H26KN3O7-2. The van der Waals surface area contributed by atoms with Gasteiger partial charge in [-0.15, -0.1) is 6.54 Å². The largest absolute Gasteiger partial charge is 1.00 e. The van der Waals surface area contributed by atoms with Crippen LogP contribution in [0.1, 0.15) is 0 Å². The maximum Gasteiger partial charge on any atom is 1.00 e. The first kappa shape index (κ1) is 29.6. The Bertz CT molecular complexity index is 385. The molecule has 0 aliphatic heterocycles. The van der Waals surface area contributed by atoms with Gasteiger partial charge < -0.3 is 37.7 Å². The van der Waals surface area contributed by atoms with E-state index in [4.69, 9.17) is 20.1 Å². The summed E-state index contributed by atoms with van der Waals surface area (Å²) in [6, 6.07) is 0. The van der Waals surface area contributed by atoms with Crippen LogP contribution in [0.25, 0.3) is 5.32 Å². The monoisotopic (exact) mass is 387 g/mol. The molecule has 0 spiro atoms. The van der Waals surface area contributed by atoms with E-state index in [1.165, 1.54) is 4.90 Å². The quantitative estimate of drug-likeness (QED) is 0.148. The van der Waals surface area contributed by atoms with Gasteiger partial charge in [0.25, 0.3) is 5.97 Å². The zero-order valence-electron chi connectivity index (χ0n) is 14.9. The summed E-state index contributed by atoms with van der Waals surface area (Å²) >= 11 is 0. The molecule has 0 aliphatic carbocycles. The maximum atomic E-state index is 10.8. The zero-order valence-corrected chi connectivity index (χ0v) is 18.0. The summed E-state index contributed by atoms with van der Waals surface area (Å²) in [5, 5.41) is 29.6. The summed E-state index contributed by atoms with van der Waals surface area (Å²) in [7, 11) is 3.56. The Hall–Kier alpha value is -0.114. The third-order valence-corrected chi connectivity index (χ3v) is 2.64. The second-order valence-electron chi connectivity index (χ2n) is 4.73. The average molecular weight is 387 g/mol. The van der Waals surface area contributed by atoms with Crippen LogP contribution in [0.5, 0.6) is 0 Å². The van der Waals surface area contributed by atoms with Gasteiger partial charge in [0.2, 0.25) is 0 Å². The molecule has 0 unspecified atom stereocenters. The number of nitrogens with zero attached hydrogens (tertiary/aromatic N) is 3. The van der Waals surface area contributed by atoms with Gasteiger partial charge in [-0.2, -0.15) is 0 Å². The number of aliphatic carboxylic acids is 3. The van der Waals surface area contributed by atoms with E-state index >= 15 is 0 Å². The minimum absolute atomic E-state index is 0. The fourth-order valence-corrected chi connectivity index (χ4v) is 1.61. The first-order chi connectivity index (χ1) is 10.8. The van der Waals surface area contributed by atoms with Crippen LogP contribution in [0, 0.1) is 14.5 Å². The van der Waals surface area contributed by atoms with Crippen LogP contribution in [-0.4, -0.2) is 102 Å². The van der Waals surface area contributed by atoms with Gasteiger partial charge in [0, 0.05) is 19.7 Å². The molecule has 142 valence electrons. The standard InChI is InChI=1S/C13H23N3O7.CH3.K/c1-15(9-12(19)20)3-4-16(10-13(21)22)5-7-23-6-2-14-8-11(17)18;;/h1-10H2,(H,17,18)(H,19,20)(H,21,22);1H3;/q-2;-1;+1. The summed E-state index contributed by atoms with van der Waals surface area (Å²) in [6.07, 6.45) is 0. The predicted molar refractivity (Wildman–Crippen MR) is 86.6 cm³/mol. The molecule has 0 aromatic carbocycles. The SMILES string of the molecule is [CH2-]N(CCN(CCOCC[N-]CC(=O)O)CC(=O)O)CC(=O)O.[CH3-].[K+]. The van der Waals surface area contributed by atoms with Gasteiger partial charge in [0.1, 0.15) is 0 Å². The number of ether oxygens (including phenoxy) is 1. The summed E-state index contributed by atoms with van der Waals surface area (Å²) in [4.78, 5) is 34.5. The van der Waals surface area contributed by atoms with Crippen LogP contribution in [0.4, 0.5) is 0 Å². The summed E-state index contributed by atoms with van der Waals surface area (Å²) in [5.74, 6) is -3.00. The van der Waals surface area contributed by atoms with Gasteiger partial charge in [-0.1, -0.05) is 0 Å². The van der Waals surface area contributed by atoms with Crippen molar-refractivity contribution in [1.29, 1.82) is 0 Å². The minimum atomic E-state index is -1.00. The number of carboxylic acid groups (broad SMARTS) is 3. The number of carbonyl (C=O) groups is 3. The Morgan fingerprint density at radius 2 is 1.52 bits per heavy atom. The van der Waals surface area contributed by atoms with Gasteiger partial charge in [0.05, 0.1) is 19.7 Å². The Labute approximate surface area is 190 Å². The molecule has 0 saturated carbocycles. The molecule has 0 aromatic heterocycles. The molecule has 0 rings (SSSR count). The smallest absolute Gasteiger partial charge is 0.651 e. The first-order valence-corrected chi connectivity index (χ1v) is 6.95. The fraction of sp³-hybridized carbons (Fsp3) is 0.643. The van der Waals surface area contributed by atoms with Crippen LogP contribution in [0.3, 0.4) is 0 Å². The average Bonchev–Trinajstić information content (AvgIpc) is 2.41. The topological polar surface area (TPSA) is 142 Å².